The van der Waals surface area contributed by atoms with Crippen molar-refractivity contribution in [2.75, 3.05) is 25.6 Å². The maximum absolute atomic E-state index is 5.65. The first-order valence-corrected chi connectivity index (χ1v) is 9.54. The number of ether oxygens (including phenoxy) is 2. The van der Waals surface area contributed by atoms with E-state index >= 15 is 0 Å². The number of nitrogens with zero attached hydrogens (tertiary/aromatic N) is 2. The van der Waals surface area contributed by atoms with Crippen LogP contribution in [-0.4, -0.2) is 41.9 Å². The van der Waals surface area contributed by atoms with Crippen molar-refractivity contribution in [3.63, 3.8) is 0 Å². The molecule has 0 aliphatic carbocycles. The normalized spacial score (nSPS) is 19.0. The largest absolute Gasteiger partial charge is 0.482 e. The highest BCUT2D eigenvalue weighted by Crippen LogP contribution is 2.32. The Morgan fingerprint density at radius 3 is 2.96 bits per heavy atom. The van der Waals surface area contributed by atoms with Crippen molar-refractivity contribution in [2.45, 2.75) is 38.3 Å². The molecule has 3 heterocycles. The van der Waals surface area contributed by atoms with Gasteiger partial charge in [-0.05, 0) is 38.5 Å². The van der Waals surface area contributed by atoms with E-state index in [1.807, 2.05) is 18.2 Å². The minimum Gasteiger partial charge on any atom is -0.482 e. The molecule has 1 unspecified atom stereocenters. The Bertz CT molecular complexity index is 760. The molecule has 2 aromatic heterocycles. The summed E-state index contributed by atoms with van der Waals surface area (Å²) in [5.41, 5.74) is 1.96. The van der Waals surface area contributed by atoms with Crippen LogP contribution in [-0.2, 0) is 4.74 Å². The van der Waals surface area contributed by atoms with Crippen LogP contribution in [0.4, 0.5) is 5.95 Å². The number of anilines is 1. The molecule has 6 nitrogen and oxygen atoms in total. The molecular formula is C19H26N4O2S. The maximum atomic E-state index is 5.65. The summed E-state index contributed by atoms with van der Waals surface area (Å²) in [4.78, 5) is 10.1. The average Bonchev–Trinajstić information content (AvgIpc) is 3.02. The highest BCUT2D eigenvalue weighted by molar-refractivity contribution is 7.17. The quantitative estimate of drug-likeness (QED) is 0.721. The molecule has 1 aliphatic heterocycles. The van der Waals surface area contributed by atoms with Crippen molar-refractivity contribution in [1.29, 1.82) is 0 Å². The lowest BCUT2D eigenvalue weighted by atomic mass is 9.88. The van der Waals surface area contributed by atoms with Gasteiger partial charge in [0.15, 0.2) is 5.06 Å². The first-order chi connectivity index (χ1) is 12.4. The Morgan fingerprint density at radius 1 is 1.35 bits per heavy atom. The van der Waals surface area contributed by atoms with Gasteiger partial charge in [0.1, 0.15) is 6.61 Å². The van der Waals surface area contributed by atoms with Crippen LogP contribution in [0.3, 0.4) is 0 Å². The fourth-order valence-corrected chi connectivity index (χ4v) is 4.03. The summed E-state index contributed by atoms with van der Waals surface area (Å²) >= 11 is 1.57. The smallest absolute Gasteiger partial charge is 0.223 e. The molecule has 1 fully saturated rings. The number of hydrogen-bond acceptors (Lipinski definition) is 7. The number of nitrogens with one attached hydrogen (secondary N) is 2. The van der Waals surface area contributed by atoms with Crippen molar-refractivity contribution >= 4 is 17.3 Å². The third kappa shape index (κ3) is 4.95. The van der Waals surface area contributed by atoms with Crippen molar-refractivity contribution < 1.29 is 9.47 Å². The lowest BCUT2D eigenvalue weighted by molar-refractivity contribution is 0.148. The van der Waals surface area contributed by atoms with Crippen LogP contribution in [0.25, 0.3) is 10.6 Å². The summed E-state index contributed by atoms with van der Waals surface area (Å²) in [5.74, 6) is 0.647. The van der Waals surface area contributed by atoms with Crippen molar-refractivity contribution in [2.24, 2.45) is 0 Å². The molecule has 2 aromatic rings. The SMILES string of the molecule is C=C1CC(Nc2nccc(-c3ccc(OCCOC)s3)n2)CC(C)(C)N1. The summed E-state index contributed by atoms with van der Waals surface area (Å²) in [6, 6.07) is 6.17. The number of rotatable bonds is 7. The fourth-order valence-electron chi connectivity index (χ4n) is 3.18. The molecule has 1 saturated heterocycles. The number of aromatic nitrogens is 2. The van der Waals surface area contributed by atoms with Crippen LogP contribution in [0, 0.1) is 0 Å². The minimum absolute atomic E-state index is 0.0206. The van der Waals surface area contributed by atoms with Gasteiger partial charge in [0.2, 0.25) is 5.95 Å². The van der Waals surface area contributed by atoms with Gasteiger partial charge in [-0.3, -0.25) is 0 Å². The van der Waals surface area contributed by atoms with Gasteiger partial charge in [-0.1, -0.05) is 17.9 Å². The van der Waals surface area contributed by atoms with Gasteiger partial charge >= 0.3 is 0 Å². The third-order valence-electron chi connectivity index (χ3n) is 4.12. The molecular weight excluding hydrogens is 348 g/mol. The molecule has 0 radical (unpaired) electrons. The molecule has 0 amide bonds. The molecule has 2 N–H and O–H groups in total. The van der Waals surface area contributed by atoms with E-state index in [4.69, 9.17) is 9.47 Å². The number of hydrogen-bond donors (Lipinski definition) is 2. The Kier molecular flexibility index (Phi) is 5.78. The minimum atomic E-state index is 0.0206. The molecule has 3 rings (SSSR count). The molecule has 0 spiro atoms. The Morgan fingerprint density at radius 2 is 2.19 bits per heavy atom. The lowest BCUT2D eigenvalue weighted by Gasteiger charge is -2.38. The Labute approximate surface area is 158 Å². The molecule has 0 bridgehead atoms. The predicted molar refractivity (Wildman–Crippen MR) is 106 cm³/mol. The van der Waals surface area contributed by atoms with Crippen LogP contribution < -0.4 is 15.4 Å². The zero-order chi connectivity index (χ0) is 18.6. The second-order valence-corrected chi connectivity index (χ2v) is 8.13. The Hall–Kier alpha value is -2.12. The third-order valence-corrected chi connectivity index (χ3v) is 5.14. The van der Waals surface area contributed by atoms with Gasteiger partial charge in [-0.15, -0.1) is 0 Å². The summed E-state index contributed by atoms with van der Waals surface area (Å²) < 4.78 is 10.7. The van der Waals surface area contributed by atoms with Gasteiger partial charge in [0, 0.05) is 37.0 Å². The second kappa shape index (κ2) is 8.05. The van der Waals surface area contributed by atoms with E-state index in [1.54, 1.807) is 24.6 Å². The highest BCUT2D eigenvalue weighted by atomic mass is 32.1. The molecule has 0 saturated carbocycles. The van der Waals surface area contributed by atoms with Crippen LogP contribution >= 0.6 is 11.3 Å². The van der Waals surface area contributed by atoms with E-state index in [9.17, 15) is 0 Å². The molecule has 1 atom stereocenters. The van der Waals surface area contributed by atoms with E-state index < -0.39 is 0 Å². The first-order valence-electron chi connectivity index (χ1n) is 8.73. The molecule has 1 aliphatic rings. The lowest BCUT2D eigenvalue weighted by Crippen LogP contribution is -2.48. The zero-order valence-electron chi connectivity index (χ0n) is 15.5. The molecule has 140 valence electrons. The van der Waals surface area contributed by atoms with Gasteiger partial charge in [-0.2, -0.15) is 0 Å². The van der Waals surface area contributed by atoms with Crippen LogP contribution in [0.1, 0.15) is 26.7 Å². The average molecular weight is 375 g/mol. The zero-order valence-corrected chi connectivity index (χ0v) is 16.4. The van der Waals surface area contributed by atoms with E-state index in [0.29, 0.717) is 19.2 Å². The summed E-state index contributed by atoms with van der Waals surface area (Å²) in [5, 5.41) is 7.76. The van der Waals surface area contributed by atoms with Crippen LogP contribution in [0.5, 0.6) is 5.06 Å². The topological polar surface area (TPSA) is 68.3 Å². The van der Waals surface area contributed by atoms with Crippen molar-refractivity contribution in [1.82, 2.24) is 15.3 Å². The van der Waals surface area contributed by atoms with Gasteiger partial charge in [0.25, 0.3) is 0 Å². The van der Waals surface area contributed by atoms with Crippen LogP contribution in [0.15, 0.2) is 36.7 Å². The number of thiophene rings is 1. The van der Waals surface area contributed by atoms with Gasteiger partial charge in [-0.25, -0.2) is 9.97 Å². The number of piperidine rings is 1. The van der Waals surface area contributed by atoms with Crippen LogP contribution in [0.2, 0.25) is 0 Å². The molecule has 7 heteroatoms. The van der Waals surface area contributed by atoms with E-state index in [1.165, 1.54) is 0 Å². The van der Waals surface area contributed by atoms with E-state index in [-0.39, 0.29) is 11.6 Å². The molecule has 0 aromatic carbocycles. The van der Waals surface area contributed by atoms with E-state index in [2.05, 4.69) is 41.0 Å². The number of methoxy groups -OCH3 is 1. The monoisotopic (exact) mass is 374 g/mol. The van der Waals surface area contributed by atoms with Gasteiger partial charge in [0.05, 0.1) is 17.2 Å². The summed E-state index contributed by atoms with van der Waals surface area (Å²) in [7, 11) is 1.66. The van der Waals surface area contributed by atoms with Gasteiger partial charge < -0.3 is 20.1 Å². The molecule has 26 heavy (non-hydrogen) atoms. The van der Waals surface area contributed by atoms with Crippen molar-refractivity contribution in [3.8, 4) is 15.6 Å². The first kappa shape index (κ1) is 18.7. The summed E-state index contributed by atoms with van der Waals surface area (Å²) in [6.45, 7) is 9.57. The van der Waals surface area contributed by atoms with Crippen molar-refractivity contribution in [3.05, 3.63) is 36.7 Å². The standard InChI is InChI=1S/C19H26N4O2S/c1-13-11-14(12-19(2,3)23-13)21-18-20-8-7-15(22-18)16-5-6-17(26-16)25-10-9-24-4/h5-8,14,23H,1,9-12H2,2-4H3,(H,20,21,22). The fraction of sp³-hybridized carbons (Fsp3) is 0.474. The maximum Gasteiger partial charge on any atom is 0.223 e. The summed E-state index contributed by atoms with van der Waals surface area (Å²) in [6.07, 6.45) is 3.64. The van der Waals surface area contributed by atoms with E-state index in [0.717, 1.165) is 34.2 Å². The Balaban J connectivity index is 1.67. The predicted octanol–water partition coefficient (Wildman–Crippen LogP) is 3.69. The second-order valence-electron chi connectivity index (χ2n) is 7.09. The highest BCUT2D eigenvalue weighted by Gasteiger charge is 2.29.